The number of carbonyl (C=O) groups excluding carboxylic acids is 2. The van der Waals surface area contributed by atoms with Gasteiger partial charge in [0.1, 0.15) is 6.04 Å². The first-order chi connectivity index (χ1) is 13.6. The van der Waals surface area contributed by atoms with Crippen LogP contribution >= 0.6 is 0 Å². The van der Waals surface area contributed by atoms with Gasteiger partial charge in [0.2, 0.25) is 12.7 Å². The van der Waals surface area contributed by atoms with Gasteiger partial charge in [0.05, 0.1) is 0 Å². The van der Waals surface area contributed by atoms with Crippen molar-refractivity contribution in [3.63, 3.8) is 0 Å². The number of fused-ring (bicyclic) bond motifs is 1. The van der Waals surface area contributed by atoms with Gasteiger partial charge in [-0.15, -0.1) is 12.3 Å². The Morgan fingerprint density at radius 3 is 2.89 bits per heavy atom. The molecule has 0 bridgehead atoms. The SMILES string of the molecule is C#CCCC1(CCNC(=O)C2CCCN2C(=O)c2ccc3c(c2)OCO3)N=N1. The smallest absolute Gasteiger partial charge is 0.254 e. The predicted molar refractivity (Wildman–Crippen MR) is 99.9 cm³/mol. The van der Waals surface area contributed by atoms with Gasteiger partial charge in [0.15, 0.2) is 17.2 Å². The molecular weight excluding hydrogens is 360 g/mol. The van der Waals surface area contributed by atoms with Crippen LogP contribution in [0.5, 0.6) is 11.5 Å². The van der Waals surface area contributed by atoms with Gasteiger partial charge in [-0.2, -0.15) is 10.2 Å². The number of benzene rings is 1. The van der Waals surface area contributed by atoms with Crippen LogP contribution < -0.4 is 14.8 Å². The maximum atomic E-state index is 12.9. The van der Waals surface area contributed by atoms with Crippen LogP contribution in [0.1, 0.15) is 42.5 Å². The molecule has 0 aliphatic carbocycles. The quantitative estimate of drug-likeness (QED) is 0.731. The number of hydrogen-bond acceptors (Lipinski definition) is 6. The molecule has 3 aliphatic heterocycles. The van der Waals surface area contributed by atoms with E-state index in [-0.39, 0.29) is 18.6 Å². The largest absolute Gasteiger partial charge is 0.454 e. The summed E-state index contributed by atoms with van der Waals surface area (Å²) >= 11 is 0. The highest BCUT2D eigenvalue weighted by molar-refractivity contribution is 5.98. The summed E-state index contributed by atoms with van der Waals surface area (Å²) in [4.78, 5) is 27.2. The lowest BCUT2D eigenvalue weighted by Crippen LogP contribution is -2.46. The molecule has 0 saturated carbocycles. The molecule has 28 heavy (non-hydrogen) atoms. The van der Waals surface area contributed by atoms with Crippen LogP contribution in [0.15, 0.2) is 28.4 Å². The number of rotatable bonds is 7. The Morgan fingerprint density at radius 1 is 1.29 bits per heavy atom. The fourth-order valence-corrected chi connectivity index (χ4v) is 3.65. The van der Waals surface area contributed by atoms with E-state index in [0.717, 1.165) is 6.42 Å². The molecule has 1 aromatic rings. The highest BCUT2D eigenvalue weighted by Crippen LogP contribution is 2.36. The number of amides is 2. The van der Waals surface area contributed by atoms with E-state index in [4.69, 9.17) is 15.9 Å². The van der Waals surface area contributed by atoms with Crippen LogP contribution in [-0.2, 0) is 4.79 Å². The number of likely N-dealkylation sites (tertiary alicyclic amines) is 1. The summed E-state index contributed by atoms with van der Waals surface area (Å²) in [5.74, 6) is 3.46. The number of ether oxygens (including phenoxy) is 2. The average molecular weight is 382 g/mol. The van der Waals surface area contributed by atoms with Crippen molar-refractivity contribution in [2.24, 2.45) is 10.2 Å². The Hall–Kier alpha value is -3.08. The third-order valence-electron chi connectivity index (χ3n) is 5.31. The fourth-order valence-electron chi connectivity index (χ4n) is 3.65. The van der Waals surface area contributed by atoms with Crippen molar-refractivity contribution in [1.29, 1.82) is 0 Å². The van der Waals surface area contributed by atoms with Crippen LogP contribution in [0.2, 0.25) is 0 Å². The van der Waals surface area contributed by atoms with Crippen LogP contribution in [0.3, 0.4) is 0 Å². The zero-order chi connectivity index (χ0) is 19.6. The van der Waals surface area contributed by atoms with Gasteiger partial charge in [-0.1, -0.05) is 0 Å². The van der Waals surface area contributed by atoms with E-state index >= 15 is 0 Å². The molecule has 1 N–H and O–H groups in total. The summed E-state index contributed by atoms with van der Waals surface area (Å²) in [5, 5.41) is 11.1. The second-order valence-electron chi connectivity index (χ2n) is 7.15. The first-order valence-corrected chi connectivity index (χ1v) is 9.48. The molecule has 8 heteroatoms. The Bertz CT molecular complexity index is 854. The van der Waals surface area contributed by atoms with E-state index < -0.39 is 11.7 Å². The summed E-state index contributed by atoms with van der Waals surface area (Å²) in [6, 6.07) is 4.63. The zero-order valence-electron chi connectivity index (χ0n) is 15.5. The van der Waals surface area contributed by atoms with Gasteiger partial charge >= 0.3 is 0 Å². The van der Waals surface area contributed by atoms with Gasteiger partial charge in [-0.3, -0.25) is 9.59 Å². The minimum absolute atomic E-state index is 0.139. The topological polar surface area (TPSA) is 92.6 Å². The minimum atomic E-state index is -0.465. The third kappa shape index (κ3) is 3.65. The highest BCUT2D eigenvalue weighted by atomic mass is 16.7. The monoisotopic (exact) mass is 382 g/mol. The van der Waals surface area contributed by atoms with E-state index in [2.05, 4.69) is 21.5 Å². The molecule has 1 unspecified atom stereocenters. The van der Waals surface area contributed by atoms with E-state index in [1.54, 1.807) is 23.1 Å². The van der Waals surface area contributed by atoms with E-state index in [1.807, 2.05) is 0 Å². The Morgan fingerprint density at radius 2 is 2.11 bits per heavy atom. The fraction of sp³-hybridized carbons (Fsp3) is 0.500. The second kappa shape index (κ2) is 7.50. The van der Waals surface area contributed by atoms with Gasteiger partial charge in [-0.05, 0) is 31.0 Å². The summed E-state index contributed by atoms with van der Waals surface area (Å²) in [7, 11) is 0. The zero-order valence-corrected chi connectivity index (χ0v) is 15.5. The molecule has 2 amide bonds. The first kappa shape index (κ1) is 18.3. The van der Waals surface area contributed by atoms with Crippen LogP contribution in [0, 0.1) is 12.3 Å². The Kier molecular flexibility index (Phi) is 4.90. The van der Waals surface area contributed by atoms with Crippen molar-refractivity contribution in [2.75, 3.05) is 19.9 Å². The van der Waals surface area contributed by atoms with Crippen molar-refractivity contribution in [2.45, 2.75) is 43.8 Å². The Labute approximate surface area is 163 Å². The molecular formula is C20H22N4O4. The van der Waals surface area contributed by atoms with E-state index in [1.165, 1.54) is 0 Å². The average Bonchev–Trinajstić information content (AvgIpc) is 3.11. The minimum Gasteiger partial charge on any atom is -0.454 e. The maximum Gasteiger partial charge on any atom is 0.254 e. The lowest BCUT2D eigenvalue weighted by Gasteiger charge is -2.24. The molecule has 1 aromatic carbocycles. The molecule has 0 radical (unpaired) electrons. The van der Waals surface area contributed by atoms with Gasteiger partial charge in [-0.25, -0.2) is 0 Å². The van der Waals surface area contributed by atoms with Gasteiger partial charge in [0, 0.05) is 37.9 Å². The predicted octanol–water partition coefficient (Wildman–Crippen LogP) is 2.10. The third-order valence-corrected chi connectivity index (χ3v) is 5.31. The van der Waals surface area contributed by atoms with Crippen molar-refractivity contribution in [3.05, 3.63) is 23.8 Å². The molecule has 0 aromatic heterocycles. The van der Waals surface area contributed by atoms with Crippen LogP contribution in [0.25, 0.3) is 0 Å². The molecule has 8 nitrogen and oxygen atoms in total. The van der Waals surface area contributed by atoms with E-state index in [9.17, 15) is 9.59 Å². The number of nitrogens with one attached hydrogen (secondary N) is 1. The molecule has 146 valence electrons. The number of terminal acetylenes is 1. The van der Waals surface area contributed by atoms with Crippen LogP contribution in [0.4, 0.5) is 0 Å². The Balaban J connectivity index is 1.33. The standard InChI is InChI=1S/C20H22N4O4/c1-2-3-8-20(22-23-20)9-10-21-18(25)15-5-4-11-24(15)19(26)14-6-7-16-17(12-14)28-13-27-16/h1,6-7,12,15H,3-5,8-11,13H2,(H,21,25). The van der Waals surface area contributed by atoms with E-state index in [0.29, 0.717) is 55.8 Å². The molecule has 1 fully saturated rings. The van der Waals surface area contributed by atoms with Crippen molar-refractivity contribution >= 4 is 11.8 Å². The summed E-state index contributed by atoms with van der Waals surface area (Å²) in [6.45, 7) is 1.17. The lowest BCUT2D eigenvalue weighted by molar-refractivity contribution is -0.124. The molecule has 3 aliphatic rings. The number of nitrogens with zero attached hydrogens (tertiary/aromatic N) is 3. The van der Waals surface area contributed by atoms with Crippen molar-refractivity contribution in [1.82, 2.24) is 10.2 Å². The van der Waals surface area contributed by atoms with Gasteiger partial charge < -0.3 is 19.7 Å². The molecule has 4 rings (SSSR count). The summed E-state index contributed by atoms with van der Waals surface area (Å²) in [6.07, 6.45) is 8.68. The number of carbonyl (C=O) groups is 2. The van der Waals surface area contributed by atoms with Gasteiger partial charge in [0.25, 0.3) is 5.91 Å². The lowest BCUT2D eigenvalue weighted by atomic mass is 10.0. The van der Waals surface area contributed by atoms with Crippen molar-refractivity contribution in [3.8, 4) is 23.8 Å². The maximum absolute atomic E-state index is 12.9. The molecule has 1 atom stereocenters. The summed E-state index contributed by atoms with van der Waals surface area (Å²) in [5.41, 5.74) is 0.0740. The number of hydrogen-bond donors (Lipinski definition) is 1. The first-order valence-electron chi connectivity index (χ1n) is 9.48. The molecule has 1 saturated heterocycles. The molecule has 0 spiro atoms. The molecule has 3 heterocycles. The second-order valence-corrected chi connectivity index (χ2v) is 7.15. The normalized spacial score (nSPS) is 20.7. The van der Waals surface area contributed by atoms with Crippen LogP contribution in [-0.4, -0.2) is 48.3 Å². The highest BCUT2D eigenvalue weighted by Gasteiger charge is 2.39. The summed E-state index contributed by atoms with van der Waals surface area (Å²) < 4.78 is 10.6. The van der Waals surface area contributed by atoms with Crippen molar-refractivity contribution < 1.29 is 19.1 Å².